The molecule has 0 aliphatic heterocycles. The monoisotopic (exact) mass is 169 g/mol. The van der Waals surface area contributed by atoms with Gasteiger partial charge < -0.3 is 16.0 Å². The van der Waals surface area contributed by atoms with Gasteiger partial charge in [0.05, 0.1) is 6.61 Å². The molecule has 1 atom stereocenters. The van der Waals surface area contributed by atoms with Crippen molar-refractivity contribution >= 4 is 17.6 Å². The number of rotatable bonds is 3. The van der Waals surface area contributed by atoms with E-state index in [-0.39, 0.29) is 25.1 Å². The molecule has 0 aliphatic rings. The number of hydrogen-bond acceptors (Lipinski definition) is 4. The van der Waals surface area contributed by atoms with Crippen molar-refractivity contribution in [1.29, 1.82) is 0 Å². The predicted octanol–water partition coefficient (Wildman–Crippen LogP) is 0.659. The summed E-state index contributed by atoms with van der Waals surface area (Å²) in [6, 6.07) is 0. The number of halogens is 1. The van der Waals surface area contributed by atoms with Crippen molar-refractivity contribution in [2.75, 3.05) is 6.61 Å². The number of carbonyl (C=O) groups excluding carboxylic acids is 1. The first-order valence-corrected chi connectivity index (χ1v) is 3.02. The van der Waals surface area contributed by atoms with E-state index >= 15 is 0 Å². The zero-order valence-electron chi connectivity index (χ0n) is 5.84. The predicted molar refractivity (Wildman–Crippen MR) is 38.1 cm³/mol. The number of alkyl halides is 1. The van der Waals surface area contributed by atoms with Gasteiger partial charge in [-0.3, -0.25) is 4.79 Å². The lowest BCUT2D eigenvalue weighted by atomic mass is 10.5. The molecule has 0 rings (SSSR count). The maximum absolute atomic E-state index is 10.1. The van der Waals surface area contributed by atoms with Gasteiger partial charge in [-0.05, 0) is 0 Å². The molecule has 0 fully saturated rings. The third-order valence-electron chi connectivity index (χ3n) is 0.661. The molecule has 0 saturated heterocycles. The van der Waals surface area contributed by atoms with Gasteiger partial charge in [-0.1, -0.05) is 11.6 Å². The van der Waals surface area contributed by atoms with E-state index in [2.05, 4.69) is 4.74 Å². The van der Waals surface area contributed by atoms with Gasteiger partial charge in [-0.25, -0.2) is 0 Å². The third kappa shape index (κ3) is 10.6. The highest BCUT2D eigenvalue weighted by Gasteiger charge is 1.98. The van der Waals surface area contributed by atoms with Gasteiger partial charge in [0.2, 0.25) is 0 Å². The molecule has 0 saturated carbocycles. The van der Waals surface area contributed by atoms with Crippen LogP contribution in [-0.2, 0) is 9.53 Å². The van der Waals surface area contributed by atoms with Crippen LogP contribution in [0, 0.1) is 0 Å². The van der Waals surface area contributed by atoms with Crippen LogP contribution >= 0.6 is 11.6 Å². The topological polar surface area (TPSA) is 81.5 Å². The van der Waals surface area contributed by atoms with E-state index in [0.29, 0.717) is 0 Å². The van der Waals surface area contributed by atoms with Gasteiger partial charge in [0.15, 0.2) is 0 Å². The summed E-state index contributed by atoms with van der Waals surface area (Å²) in [6.07, 6.45) is 0.279. The Hall–Kier alpha value is -0.320. The average molecular weight is 170 g/mol. The number of carbonyl (C=O) groups is 1. The van der Waals surface area contributed by atoms with Crippen LogP contribution in [0.1, 0.15) is 13.3 Å². The molecule has 62 valence electrons. The zero-order chi connectivity index (χ0) is 7.28. The van der Waals surface area contributed by atoms with E-state index in [4.69, 9.17) is 16.7 Å². The molecule has 0 aromatic carbocycles. The summed E-state index contributed by atoms with van der Waals surface area (Å²) in [4.78, 5) is 10.1. The Kier molecular flexibility index (Phi) is 8.40. The molecule has 0 bridgehead atoms. The second-order valence-electron chi connectivity index (χ2n) is 1.56. The lowest BCUT2D eigenvalue weighted by molar-refractivity contribution is -0.141. The molecule has 0 amide bonds. The van der Waals surface area contributed by atoms with Crippen molar-refractivity contribution < 1.29 is 14.6 Å². The second-order valence-corrected chi connectivity index (χ2v) is 2.07. The van der Waals surface area contributed by atoms with Crippen LogP contribution in [0.15, 0.2) is 0 Å². The molecule has 0 aliphatic carbocycles. The summed E-state index contributed by atoms with van der Waals surface area (Å²) in [5, 5.41) is 8.44. The lowest BCUT2D eigenvalue weighted by Crippen LogP contribution is -2.06. The SMILES string of the molecule is CC(=O)OCCC(O)Cl.N. The van der Waals surface area contributed by atoms with E-state index < -0.39 is 5.56 Å². The molecule has 0 aromatic rings. The van der Waals surface area contributed by atoms with E-state index in [9.17, 15) is 4.79 Å². The Labute approximate surface area is 64.7 Å². The van der Waals surface area contributed by atoms with E-state index in [0.717, 1.165) is 0 Å². The number of ether oxygens (including phenoxy) is 1. The molecule has 0 radical (unpaired) electrons. The molecule has 4 N–H and O–H groups in total. The molecule has 0 spiro atoms. The van der Waals surface area contributed by atoms with Crippen molar-refractivity contribution in [2.45, 2.75) is 18.9 Å². The minimum absolute atomic E-state index is 0. The number of aliphatic hydroxyl groups is 1. The highest BCUT2D eigenvalue weighted by Crippen LogP contribution is 1.95. The van der Waals surface area contributed by atoms with E-state index in [1.165, 1.54) is 6.92 Å². The first-order valence-electron chi connectivity index (χ1n) is 2.58. The molecule has 10 heavy (non-hydrogen) atoms. The largest absolute Gasteiger partial charge is 0.466 e. The Balaban J connectivity index is 0. The Morgan fingerprint density at radius 2 is 2.30 bits per heavy atom. The highest BCUT2D eigenvalue weighted by molar-refractivity contribution is 6.19. The van der Waals surface area contributed by atoms with E-state index in [1.54, 1.807) is 0 Å². The Morgan fingerprint density at radius 1 is 1.80 bits per heavy atom. The maximum atomic E-state index is 10.1. The van der Waals surface area contributed by atoms with Crippen LogP contribution in [0.4, 0.5) is 0 Å². The molecule has 5 heteroatoms. The van der Waals surface area contributed by atoms with Crippen molar-refractivity contribution in [1.82, 2.24) is 6.15 Å². The molecular formula is C5H12ClNO3. The second kappa shape index (κ2) is 6.80. The first-order chi connectivity index (χ1) is 4.13. The molecular weight excluding hydrogens is 158 g/mol. The van der Waals surface area contributed by atoms with Crippen molar-refractivity contribution in [2.24, 2.45) is 0 Å². The van der Waals surface area contributed by atoms with Crippen LogP contribution in [0.5, 0.6) is 0 Å². The van der Waals surface area contributed by atoms with Crippen molar-refractivity contribution in [3.05, 3.63) is 0 Å². The van der Waals surface area contributed by atoms with Crippen molar-refractivity contribution in [3.8, 4) is 0 Å². The van der Waals surface area contributed by atoms with Gasteiger partial charge in [0, 0.05) is 13.3 Å². The van der Waals surface area contributed by atoms with Crippen LogP contribution < -0.4 is 6.15 Å². The average Bonchev–Trinajstić information content (AvgIpc) is 1.63. The summed E-state index contributed by atoms with van der Waals surface area (Å²) in [6.45, 7) is 1.49. The zero-order valence-corrected chi connectivity index (χ0v) is 6.60. The standard InChI is InChI=1S/C5H9ClO3.H3N/c1-4(7)9-3-2-5(6)8;/h5,8H,2-3H2,1H3;1H3. The fraction of sp³-hybridized carbons (Fsp3) is 0.800. The van der Waals surface area contributed by atoms with Crippen LogP contribution in [0.25, 0.3) is 0 Å². The molecule has 1 unspecified atom stereocenters. The smallest absolute Gasteiger partial charge is 0.302 e. The number of esters is 1. The summed E-state index contributed by atoms with van der Waals surface area (Å²) in [5.74, 6) is -0.354. The van der Waals surface area contributed by atoms with Gasteiger partial charge in [0.25, 0.3) is 0 Å². The quantitative estimate of drug-likeness (QED) is 0.480. The molecule has 4 nitrogen and oxygen atoms in total. The van der Waals surface area contributed by atoms with Crippen LogP contribution in [-0.4, -0.2) is 23.2 Å². The van der Waals surface area contributed by atoms with Crippen molar-refractivity contribution in [3.63, 3.8) is 0 Å². The Bertz CT molecular complexity index is 96.9. The highest BCUT2D eigenvalue weighted by atomic mass is 35.5. The summed E-state index contributed by atoms with van der Waals surface area (Å²) in [5.41, 5.74) is -0.913. The first kappa shape index (κ1) is 12.4. The van der Waals surface area contributed by atoms with Gasteiger partial charge in [-0.15, -0.1) is 0 Å². The fourth-order valence-electron chi connectivity index (χ4n) is 0.300. The maximum Gasteiger partial charge on any atom is 0.302 e. The van der Waals surface area contributed by atoms with Gasteiger partial charge in [-0.2, -0.15) is 0 Å². The Morgan fingerprint density at radius 3 is 2.60 bits per heavy atom. The van der Waals surface area contributed by atoms with E-state index in [1.807, 2.05) is 0 Å². The van der Waals surface area contributed by atoms with Gasteiger partial charge in [0.1, 0.15) is 5.56 Å². The molecule has 0 heterocycles. The number of hydrogen-bond donors (Lipinski definition) is 2. The minimum Gasteiger partial charge on any atom is -0.466 e. The third-order valence-corrected chi connectivity index (χ3v) is 0.880. The lowest BCUT2D eigenvalue weighted by Gasteiger charge is -2.00. The van der Waals surface area contributed by atoms with Crippen LogP contribution in [0.2, 0.25) is 0 Å². The minimum atomic E-state index is -0.913. The van der Waals surface area contributed by atoms with Crippen LogP contribution in [0.3, 0.4) is 0 Å². The summed E-state index contributed by atoms with van der Waals surface area (Å²) >= 11 is 5.13. The number of aliphatic hydroxyl groups excluding tert-OH is 1. The normalized spacial score (nSPS) is 11.5. The summed E-state index contributed by atoms with van der Waals surface area (Å²) < 4.78 is 4.47. The fourth-order valence-corrected chi connectivity index (χ4v) is 0.389. The summed E-state index contributed by atoms with van der Waals surface area (Å²) in [7, 11) is 0. The van der Waals surface area contributed by atoms with Gasteiger partial charge >= 0.3 is 5.97 Å². The molecule has 0 aromatic heterocycles.